The monoisotopic (exact) mass is 198 g/mol. The fourth-order valence-electron chi connectivity index (χ4n) is 1.55. The maximum atomic E-state index is 5.49. The summed E-state index contributed by atoms with van der Waals surface area (Å²) in [5, 5.41) is 7.38. The summed E-state index contributed by atoms with van der Waals surface area (Å²) in [6.45, 7) is 1.62. The van der Waals surface area contributed by atoms with Crippen molar-refractivity contribution in [1.29, 1.82) is 0 Å². The van der Waals surface area contributed by atoms with Crippen molar-refractivity contribution in [2.75, 3.05) is 30.8 Å². The molecular weight excluding hydrogens is 184 g/mol. The Kier molecular flexibility index (Phi) is 2.53. The first kappa shape index (κ1) is 9.26. The highest BCUT2D eigenvalue weighted by molar-refractivity contribution is 5.26. The molecule has 14 heavy (non-hydrogen) atoms. The number of rotatable bonds is 3. The number of likely N-dealkylation sites (N-methyl/N-ethyl adjacent to an activating group) is 1. The van der Waals surface area contributed by atoms with Crippen LogP contribution in [0.5, 0.6) is 0 Å². The van der Waals surface area contributed by atoms with Gasteiger partial charge in [0, 0.05) is 20.2 Å². The zero-order valence-electron chi connectivity index (χ0n) is 8.14. The topological polar surface area (TPSA) is 77.4 Å². The molecule has 2 heterocycles. The zero-order valence-corrected chi connectivity index (χ0v) is 8.14. The van der Waals surface area contributed by atoms with Gasteiger partial charge in [-0.25, -0.2) is 0 Å². The van der Waals surface area contributed by atoms with Crippen LogP contribution in [0.15, 0.2) is 4.42 Å². The van der Waals surface area contributed by atoms with E-state index in [9.17, 15) is 0 Å². The smallest absolute Gasteiger partial charge is 0.319 e. The zero-order chi connectivity index (χ0) is 9.97. The van der Waals surface area contributed by atoms with Crippen LogP contribution in [-0.2, 0) is 4.74 Å². The largest absolute Gasteiger partial charge is 0.390 e. The maximum absolute atomic E-state index is 5.49. The van der Waals surface area contributed by atoms with Crippen molar-refractivity contribution in [2.45, 2.75) is 18.9 Å². The van der Waals surface area contributed by atoms with Crippen molar-refractivity contribution in [1.82, 2.24) is 10.2 Å². The van der Waals surface area contributed by atoms with E-state index < -0.39 is 0 Å². The van der Waals surface area contributed by atoms with Crippen LogP contribution in [-0.4, -0.2) is 36.5 Å². The molecule has 1 aliphatic rings. The van der Waals surface area contributed by atoms with Gasteiger partial charge in [0.15, 0.2) is 0 Å². The SMILES string of the molecule is CN(CC1CCCO1)c1nnc(N)o1. The third kappa shape index (κ3) is 1.95. The van der Waals surface area contributed by atoms with Gasteiger partial charge in [-0.3, -0.25) is 0 Å². The minimum absolute atomic E-state index is 0.0965. The molecule has 0 aromatic carbocycles. The van der Waals surface area contributed by atoms with E-state index >= 15 is 0 Å². The molecule has 0 saturated carbocycles. The molecule has 0 spiro atoms. The van der Waals surface area contributed by atoms with Crippen LogP contribution in [0, 0.1) is 0 Å². The van der Waals surface area contributed by atoms with Gasteiger partial charge in [0.25, 0.3) is 0 Å². The molecule has 1 aromatic heterocycles. The van der Waals surface area contributed by atoms with E-state index in [4.69, 9.17) is 14.9 Å². The fraction of sp³-hybridized carbons (Fsp3) is 0.750. The molecule has 0 radical (unpaired) electrons. The lowest BCUT2D eigenvalue weighted by Gasteiger charge is -2.17. The summed E-state index contributed by atoms with van der Waals surface area (Å²) in [6.07, 6.45) is 2.49. The third-order valence-electron chi connectivity index (χ3n) is 2.26. The highest BCUT2D eigenvalue weighted by atomic mass is 16.5. The summed E-state index contributed by atoms with van der Waals surface area (Å²) < 4.78 is 10.6. The highest BCUT2D eigenvalue weighted by Gasteiger charge is 2.19. The molecule has 1 atom stereocenters. The average Bonchev–Trinajstić information content (AvgIpc) is 2.75. The Bertz CT molecular complexity index is 295. The normalized spacial score (nSPS) is 21.4. The Hall–Kier alpha value is -1.30. The predicted molar refractivity (Wildman–Crippen MR) is 51.0 cm³/mol. The van der Waals surface area contributed by atoms with Gasteiger partial charge in [0.2, 0.25) is 0 Å². The van der Waals surface area contributed by atoms with Crippen LogP contribution in [0.3, 0.4) is 0 Å². The summed E-state index contributed by atoms with van der Waals surface area (Å²) in [5.41, 5.74) is 5.33. The number of aromatic nitrogens is 2. The standard InChI is InChI=1S/C8H14N4O2/c1-12(5-6-3-2-4-13-6)8-11-10-7(9)14-8/h6H,2-5H2,1H3,(H2,9,10). The first-order chi connectivity index (χ1) is 6.75. The van der Waals surface area contributed by atoms with Crippen molar-refractivity contribution < 1.29 is 9.15 Å². The molecule has 6 heteroatoms. The molecule has 0 bridgehead atoms. The van der Waals surface area contributed by atoms with E-state index in [2.05, 4.69) is 10.2 Å². The van der Waals surface area contributed by atoms with Crippen LogP contribution in [0.4, 0.5) is 12.0 Å². The van der Waals surface area contributed by atoms with Crippen LogP contribution in [0.25, 0.3) is 0 Å². The molecule has 1 saturated heterocycles. The molecule has 1 unspecified atom stereocenters. The van der Waals surface area contributed by atoms with Crippen LogP contribution >= 0.6 is 0 Å². The molecule has 78 valence electrons. The van der Waals surface area contributed by atoms with Crippen molar-refractivity contribution in [2.24, 2.45) is 0 Å². The Labute approximate surface area is 82.0 Å². The Balaban J connectivity index is 1.91. The van der Waals surface area contributed by atoms with Crippen LogP contribution in [0.2, 0.25) is 0 Å². The molecule has 2 N–H and O–H groups in total. The maximum Gasteiger partial charge on any atom is 0.319 e. The van der Waals surface area contributed by atoms with Gasteiger partial charge in [0.05, 0.1) is 6.10 Å². The van der Waals surface area contributed by atoms with Crippen LogP contribution in [0.1, 0.15) is 12.8 Å². The molecular formula is C8H14N4O2. The van der Waals surface area contributed by atoms with Crippen molar-refractivity contribution in [3.05, 3.63) is 0 Å². The first-order valence-corrected chi connectivity index (χ1v) is 4.67. The Morgan fingerprint density at radius 1 is 1.57 bits per heavy atom. The summed E-state index contributed by atoms with van der Waals surface area (Å²) in [4.78, 5) is 1.86. The fourth-order valence-corrected chi connectivity index (χ4v) is 1.55. The van der Waals surface area contributed by atoms with Gasteiger partial charge >= 0.3 is 12.0 Å². The highest BCUT2D eigenvalue weighted by Crippen LogP contribution is 2.17. The second-order valence-electron chi connectivity index (χ2n) is 3.44. The van der Waals surface area contributed by atoms with E-state index in [0.717, 1.165) is 26.0 Å². The average molecular weight is 198 g/mol. The van der Waals surface area contributed by atoms with E-state index in [-0.39, 0.29) is 12.1 Å². The lowest BCUT2D eigenvalue weighted by atomic mass is 10.2. The number of nitrogens with two attached hydrogens (primary N) is 1. The lowest BCUT2D eigenvalue weighted by Crippen LogP contribution is -2.28. The molecule has 0 aliphatic carbocycles. The predicted octanol–water partition coefficient (Wildman–Crippen LogP) is 0.267. The number of nitrogens with zero attached hydrogens (tertiary/aromatic N) is 3. The summed E-state index contributed by atoms with van der Waals surface area (Å²) in [6, 6.07) is 0.539. The number of hydrogen-bond acceptors (Lipinski definition) is 6. The molecule has 1 aromatic rings. The number of anilines is 2. The van der Waals surface area contributed by atoms with E-state index in [1.807, 2.05) is 11.9 Å². The van der Waals surface area contributed by atoms with Gasteiger partial charge in [-0.05, 0) is 12.8 Å². The summed E-state index contributed by atoms with van der Waals surface area (Å²) in [5.74, 6) is 0. The number of nitrogen functional groups attached to an aromatic ring is 1. The Morgan fingerprint density at radius 3 is 3.00 bits per heavy atom. The minimum Gasteiger partial charge on any atom is -0.390 e. The van der Waals surface area contributed by atoms with Gasteiger partial charge in [-0.2, -0.15) is 0 Å². The number of hydrogen-bond donors (Lipinski definition) is 1. The number of ether oxygens (including phenoxy) is 1. The van der Waals surface area contributed by atoms with Crippen molar-refractivity contribution in [3.63, 3.8) is 0 Å². The van der Waals surface area contributed by atoms with E-state index in [1.165, 1.54) is 0 Å². The van der Waals surface area contributed by atoms with Crippen molar-refractivity contribution in [3.8, 4) is 0 Å². The third-order valence-corrected chi connectivity index (χ3v) is 2.26. The second-order valence-corrected chi connectivity index (χ2v) is 3.44. The van der Waals surface area contributed by atoms with Gasteiger partial charge < -0.3 is 19.8 Å². The quantitative estimate of drug-likeness (QED) is 0.751. The van der Waals surface area contributed by atoms with Gasteiger partial charge in [0.1, 0.15) is 0 Å². The first-order valence-electron chi connectivity index (χ1n) is 4.67. The molecule has 0 amide bonds. The van der Waals surface area contributed by atoms with Gasteiger partial charge in [-0.15, -0.1) is 0 Å². The molecule has 1 aliphatic heterocycles. The second kappa shape index (κ2) is 3.83. The minimum atomic E-state index is 0.0965. The molecule has 6 nitrogen and oxygen atoms in total. The molecule has 2 rings (SSSR count). The van der Waals surface area contributed by atoms with Crippen LogP contribution < -0.4 is 10.6 Å². The van der Waals surface area contributed by atoms with Gasteiger partial charge in [-0.1, -0.05) is 10.2 Å². The summed E-state index contributed by atoms with van der Waals surface area (Å²) in [7, 11) is 1.88. The van der Waals surface area contributed by atoms with Crippen molar-refractivity contribution >= 4 is 12.0 Å². The van der Waals surface area contributed by atoms with E-state index in [0.29, 0.717) is 6.01 Å². The molecule has 1 fully saturated rings. The Morgan fingerprint density at radius 2 is 2.43 bits per heavy atom. The summed E-state index contributed by atoms with van der Waals surface area (Å²) >= 11 is 0. The van der Waals surface area contributed by atoms with E-state index in [1.54, 1.807) is 0 Å². The lowest BCUT2D eigenvalue weighted by molar-refractivity contribution is 0.115.